The zero-order valence-corrected chi connectivity index (χ0v) is 16.5. The van der Waals surface area contributed by atoms with Crippen LogP contribution in [0.25, 0.3) is 0 Å². The summed E-state index contributed by atoms with van der Waals surface area (Å²) in [4.78, 5) is 12.6. The molecule has 0 aromatic heterocycles. The standard InChI is InChI=1S/C24H17FN2O4/c1-29-20-8-3-2-7-18(20)24(28)30-16-9-10-17-21(12-16)31-23(27)19(13-26)22(17)14-5-4-6-15(25)11-14/h2-12,22H,27H2,1H3. The van der Waals surface area contributed by atoms with Gasteiger partial charge in [-0.2, -0.15) is 5.26 Å². The predicted octanol–water partition coefficient (Wildman–Crippen LogP) is 4.27. The minimum Gasteiger partial charge on any atom is -0.496 e. The number of halogens is 1. The van der Waals surface area contributed by atoms with Crippen molar-refractivity contribution in [3.63, 3.8) is 0 Å². The lowest BCUT2D eigenvalue weighted by atomic mass is 9.83. The quantitative estimate of drug-likeness (QED) is 0.504. The summed E-state index contributed by atoms with van der Waals surface area (Å²) in [6.07, 6.45) is 0. The monoisotopic (exact) mass is 416 g/mol. The van der Waals surface area contributed by atoms with Crippen LogP contribution < -0.4 is 19.9 Å². The third-order valence-electron chi connectivity index (χ3n) is 4.91. The highest BCUT2D eigenvalue weighted by molar-refractivity contribution is 5.94. The molecular formula is C24H17FN2O4. The number of fused-ring (bicyclic) bond motifs is 1. The number of nitrogens with zero attached hydrogens (tertiary/aromatic N) is 1. The number of hydrogen-bond acceptors (Lipinski definition) is 6. The number of allylic oxidation sites excluding steroid dienone is 1. The van der Waals surface area contributed by atoms with Crippen molar-refractivity contribution >= 4 is 5.97 Å². The number of carbonyl (C=O) groups excluding carboxylic acids is 1. The number of ether oxygens (including phenoxy) is 3. The molecular weight excluding hydrogens is 399 g/mol. The molecule has 0 amide bonds. The summed E-state index contributed by atoms with van der Waals surface area (Å²) in [6.45, 7) is 0. The number of rotatable bonds is 4. The van der Waals surface area contributed by atoms with E-state index in [1.54, 1.807) is 48.5 Å². The van der Waals surface area contributed by atoms with Crippen molar-refractivity contribution < 1.29 is 23.4 Å². The molecule has 6 nitrogen and oxygen atoms in total. The fourth-order valence-corrected chi connectivity index (χ4v) is 3.50. The van der Waals surface area contributed by atoms with Crippen LogP contribution in [0.2, 0.25) is 0 Å². The molecule has 0 bridgehead atoms. The Morgan fingerprint density at radius 2 is 1.94 bits per heavy atom. The van der Waals surface area contributed by atoms with Gasteiger partial charge in [0.15, 0.2) is 0 Å². The molecule has 1 unspecified atom stereocenters. The van der Waals surface area contributed by atoms with Gasteiger partial charge < -0.3 is 19.9 Å². The van der Waals surface area contributed by atoms with Crippen molar-refractivity contribution in [3.05, 3.63) is 101 Å². The molecule has 2 N–H and O–H groups in total. The maximum absolute atomic E-state index is 13.8. The Morgan fingerprint density at radius 3 is 2.68 bits per heavy atom. The Labute approximate surface area is 177 Å². The zero-order valence-electron chi connectivity index (χ0n) is 16.5. The van der Waals surface area contributed by atoms with Crippen LogP contribution in [-0.4, -0.2) is 13.1 Å². The van der Waals surface area contributed by atoms with E-state index in [1.165, 1.54) is 25.3 Å². The van der Waals surface area contributed by atoms with Crippen molar-refractivity contribution in [1.29, 1.82) is 5.26 Å². The van der Waals surface area contributed by atoms with Crippen LogP contribution in [0.15, 0.2) is 78.2 Å². The third-order valence-corrected chi connectivity index (χ3v) is 4.91. The number of hydrogen-bond donors (Lipinski definition) is 1. The van der Waals surface area contributed by atoms with Crippen molar-refractivity contribution in [1.82, 2.24) is 0 Å². The highest BCUT2D eigenvalue weighted by atomic mass is 19.1. The minimum absolute atomic E-state index is 0.0857. The second-order valence-corrected chi connectivity index (χ2v) is 6.77. The van der Waals surface area contributed by atoms with Crippen LogP contribution in [0.3, 0.4) is 0 Å². The minimum atomic E-state index is -0.608. The Bertz CT molecular complexity index is 1250. The van der Waals surface area contributed by atoms with E-state index >= 15 is 0 Å². The lowest BCUT2D eigenvalue weighted by Crippen LogP contribution is -2.21. The van der Waals surface area contributed by atoms with E-state index in [2.05, 4.69) is 6.07 Å². The number of benzene rings is 3. The van der Waals surface area contributed by atoms with Crippen LogP contribution in [0, 0.1) is 17.1 Å². The van der Waals surface area contributed by atoms with E-state index in [9.17, 15) is 14.4 Å². The van der Waals surface area contributed by atoms with Crippen molar-refractivity contribution in [3.8, 4) is 23.3 Å². The molecule has 1 heterocycles. The van der Waals surface area contributed by atoms with Crippen molar-refractivity contribution in [2.75, 3.05) is 7.11 Å². The number of esters is 1. The van der Waals surface area contributed by atoms with Crippen LogP contribution in [-0.2, 0) is 0 Å². The van der Waals surface area contributed by atoms with E-state index in [4.69, 9.17) is 19.9 Å². The smallest absolute Gasteiger partial charge is 0.347 e. The second-order valence-electron chi connectivity index (χ2n) is 6.77. The van der Waals surface area contributed by atoms with Gasteiger partial charge in [0.1, 0.15) is 40.3 Å². The molecule has 4 rings (SSSR count). The lowest BCUT2D eigenvalue weighted by molar-refractivity contribution is 0.0731. The van der Waals surface area contributed by atoms with E-state index in [0.29, 0.717) is 22.6 Å². The van der Waals surface area contributed by atoms with Gasteiger partial charge in [-0.3, -0.25) is 0 Å². The average Bonchev–Trinajstić information content (AvgIpc) is 2.78. The molecule has 1 aliphatic heterocycles. The molecule has 0 fully saturated rings. The summed E-state index contributed by atoms with van der Waals surface area (Å²) < 4.78 is 30.1. The van der Waals surface area contributed by atoms with Crippen LogP contribution >= 0.6 is 0 Å². The highest BCUT2D eigenvalue weighted by Gasteiger charge is 2.31. The molecule has 3 aromatic carbocycles. The van der Waals surface area contributed by atoms with Gasteiger partial charge in [0.2, 0.25) is 5.88 Å². The van der Waals surface area contributed by atoms with Gasteiger partial charge in [-0.25, -0.2) is 9.18 Å². The summed E-state index contributed by atoms with van der Waals surface area (Å²) in [7, 11) is 1.47. The largest absolute Gasteiger partial charge is 0.496 e. The first-order chi connectivity index (χ1) is 15.0. The average molecular weight is 416 g/mol. The summed E-state index contributed by atoms with van der Waals surface area (Å²) >= 11 is 0. The first kappa shape index (κ1) is 20.0. The Morgan fingerprint density at radius 1 is 1.13 bits per heavy atom. The number of para-hydroxylation sites is 1. The first-order valence-corrected chi connectivity index (χ1v) is 9.34. The van der Waals surface area contributed by atoms with E-state index in [0.717, 1.165) is 0 Å². The van der Waals surface area contributed by atoms with Gasteiger partial charge in [0.25, 0.3) is 0 Å². The molecule has 31 heavy (non-hydrogen) atoms. The SMILES string of the molecule is COc1ccccc1C(=O)Oc1ccc2c(c1)OC(N)=C(C#N)C2c1cccc(F)c1. The van der Waals surface area contributed by atoms with Gasteiger partial charge in [-0.1, -0.05) is 30.3 Å². The molecule has 0 spiro atoms. The summed E-state index contributed by atoms with van der Waals surface area (Å²) in [6, 6.07) is 19.5. The summed E-state index contributed by atoms with van der Waals surface area (Å²) in [5.74, 6) is -0.795. The summed E-state index contributed by atoms with van der Waals surface area (Å²) in [5.41, 5.74) is 7.58. The molecule has 0 aliphatic carbocycles. The molecule has 7 heteroatoms. The third kappa shape index (κ3) is 3.79. The van der Waals surface area contributed by atoms with Crippen molar-refractivity contribution in [2.24, 2.45) is 5.73 Å². The molecule has 0 saturated heterocycles. The normalized spacial score (nSPS) is 14.8. The second kappa shape index (κ2) is 8.20. The molecule has 1 atom stereocenters. The maximum atomic E-state index is 13.8. The molecule has 3 aromatic rings. The highest BCUT2D eigenvalue weighted by Crippen LogP contribution is 2.43. The van der Waals surface area contributed by atoms with Crippen molar-refractivity contribution in [2.45, 2.75) is 5.92 Å². The topological polar surface area (TPSA) is 94.6 Å². The Balaban J connectivity index is 1.70. The van der Waals surface area contributed by atoms with Gasteiger partial charge in [0, 0.05) is 11.6 Å². The lowest BCUT2D eigenvalue weighted by Gasteiger charge is -2.26. The van der Waals surface area contributed by atoms with Gasteiger partial charge in [-0.15, -0.1) is 0 Å². The first-order valence-electron chi connectivity index (χ1n) is 9.34. The van der Waals surface area contributed by atoms with Gasteiger partial charge >= 0.3 is 5.97 Å². The molecule has 154 valence electrons. The molecule has 0 saturated carbocycles. The van der Waals surface area contributed by atoms with Gasteiger partial charge in [-0.05, 0) is 35.9 Å². The predicted molar refractivity (Wildman–Crippen MR) is 110 cm³/mol. The van der Waals surface area contributed by atoms with E-state index in [1.807, 2.05) is 0 Å². The van der Waals surface area contributed by atoms with Gasteiger partial charge in [0.05, 0.1) is 13.0 Å². The summed E-state index contributed by atoms with van der Waals surface area (Å²) in [5, 5.41) is 9.59. The fourth-order valence-electron chi connectivity index (χ4n) is 3.50. The Kier molecular flexibility index (Phi) is 5.29. The van der Waals surface area contributed by atoms with Crippen LogP contribution in [0.4, 0.5) is 4.39 Å². The maximum Gasteiger partial charge on any atom is 0.347 e. The molecule has 1 aliphatic rings. The number of nitriles is 1. The number of methoxy groups -OCH3 is 1. The number of nitrogens with two attached hydrogens (primary N) is 1. The van der Waals surface area contributed by atoms with E-state index in [-0.39, 0.29) is 22.8 Å². The Hall–Kier alpha value is -4.31. The number of carbonyl (C=O) groups is 1. The fraction of sp³-hybridized carbons (Fsp3) is 0.0833. The zero-order chi connectivity index (χ0) is 22.0. The molecule has 0 radical (unpaired) electrons. The van der Waals surface area contributed by atoms with Crippen LogP contribution in [0.5, 0.6) is 17.2 Å². The van der Waals surface area contributed by atoms with Crippen LogP contribution in [0.1, 0.15) is 27.4 Å². The van der Waals surface area contributed by atoms with E-state index < -0.39 is 17.7 Å².